The number of amides is 1. The van der Waals surface area contributed by atoms with Gasteiger partial charge in [-0.1, -0.05) is 0 Å². The summed E-state index contributed by atoms with van der Waals surface area (Å²) in [6.45, 7) is 0.529. The Morgan fingerprint density at radius 2 is 2.18 bits per heavy atom. The van der Waals surface area contributed by atoms with Crippen molar-refractivity contribution in [3.63, 3.8) is 0 Å². The van der Waals surface area contributed by atoms with Gasteiger partial charge in [-0.2, -0.15) is 5.26 Å². The van der Waals surface area contributed by atoms with Gasteiger partial charge in [0, 0.05) is 23.8 Å². The minimum Gasteiger partial charge on any atom is -0.380 e. The quantitative estimate of drug-likeness (QED) is 0.667. The van der Waals surface area contributed by atoms with E-state index >= 15 is 0 Å². The molecule has 0 aliphatic heterocycles. The van der Waals surface area contributed by atoms with Gasteiger partial charge in [-0.25, -0.2) is 4.98 Å². The molecule has 146 valence electrons. The summed E-state index contributed by atoms with van der Waals surface area (Å²) in [4.78, 5) is 19.4. The fourth-order valence-electron chi connectivity index (χ4n) is 6.19. The number of anilines is 1. The molecule has 1 amide bonds. The third-order valence-corrected chi connectivity index (χ3v) is 7.00. The van der Waals surface area contributed by atoms with E-state index in [-0.39, 0.29) is 5.60 Å². The molecule has 4 bridgehead atoms. The fraction of sp³-hybridized carbons (Fsp3) is 0.571. The van der Waals surface area contributed by atoms with E-state index in [0.29, 0.717) is 42.4 Å². The highest BCUT2D eigenvalue weighted by Gasteiger charge is 2.56. The van der Waals surface area contributed by atoms with Crippen molar-refractivity contribution in [2.75, 3.05) is 11.9 Å². The van der Waals surface area contributed by atoms with E-state index in [1.54, 1.807) is 6.20 Å². The number of primary amides is 1. The van der Waals surface area contributed by atoms with Gasteiger partial charge in [0.15, 0.2) is 0 Å². The summed E-state index contributed by atoms with van der Waals surface area (Å²) in [6.07, 6.45) is 9.42. The van der Waals surface area contributed by atoms with Crippen molar-refractivity contribution in [2.24, 2.45) is 23.5 Å². The number of H-pyrrole nitrogens is 1. The van der Waals surface area contributed by atoms with Crippen molar-refractivity contribution in [1.82, 2.24) is 9.97 Å². The highest BCUT2D eigenvalue weighted by Crippen LogP contribution is 2.58. The average molecular weight is 379 g/mol. The van der Waals surface area contributed by atoms with Crippen LogP contribution in [0.25, 0.3) is 11.0 Å². The molecular formula is C21H25N5O2. The average Bonchev–Trinajstić information content (AvgIpc) is 3.13. The summed E-state index contributed by atoms with van der Waals surface area (Å²) in [6, 6.07) is 4.44. The minimum absolute atomic E-state index is 0.0559. The van der Waals surface area contributed by atoms with Gasteiger partial charge in [-0.3, -0.25) is 4.79 Å². The van der Waals surface area contributed by atoms with Gasteiger partial charge in [0.2, 0.25) is 0 Å². The highest BCUT2D eigenvalue weighted by molar-refractivity contribution is 6.06. The number of carbonyl (C=O) groups excluding carboxylic acids is 1. The third-order valence-electron chi connectivity index (χ3n) is 7.00. The largest absolute Gasteiger partial charge is 0.380 e. The number of ether oxygens (including phenoxy) is 1. The normalized spacial score (nSPS) is 33.1. The van der Waals surface area contributed by atoms with Crippen molar-refractivity contribution in [3.8, 4) is 6.07 Å². The number of fused-ring (bicyclic) bond motifs is 1. The van der Waals surface area contributed by atoms with E-state index in [1.807, 2.05) is 12.3 Å². The smallest absolute Gasteiger partial charge is 0.252 e. The molecular weight excluding hydrogens is 354 g/mol. The van der Waals surface area contributed by atoms with Crippen molar-refractivity contribution in [2.45, 2.75) is 50.2 Å². The Morgan fingerprint density at radius 3 is 2.89 bits per heavy atom. The molecule has 4 saturated carbocycles. The molecule has 0 saturated heterocycles. The molecule has 7 nitrogen and oxygen atoms in total. The Labute approximate surface area is 163 Å². The van der Waals surface area contributed by atoms with E-state index in [2.05, 4.69) is 21.4 Å². The maximum Gasteiger partial charge on any atom is 0.252 e. The van der Waals surface area contributed by atoms with Gasteiger partial charge in [0.05, 0.1) is 35.9 Å². The van der Waals surface area contributed by atoms with Crippen molar-refractivity contribution in [1.29, 1.82) is 5.26 Å². The highest BCUT2D eigenvalue weighted by atomic mass is 16.5. The van der Waals surface area contributed by atoms with Gasteiger partial charge in [-0.05, 0) is 55.9 Å². The molecule has 2 aromatic rings. The van der Waals surface area contributed by atoms with Crippen LogP contribution in [0.4, 0.5) is 5.69 Å². The van der Waals surface area contributed by atoms with Crippen LogP contribution in [0.5, 0.6) is 0 Å². The zero-order valence-corrected chi connectivity index (χ0v) is 15.8. The van der Waals surface area contributed by atoms with Crippen LogP contribution >= 0.6 is 0 Å². The van der Waals surface area contributed by atoms with Gasteiger partial charge in [0.1, 0.15) is 5.65 Å². The monoisotopic (exact) mass is 379 g/mol. The van der Waals surface area contributed by atoms with Crippen LogP contribution in [-0.2, 0) is 4.74 Å². The Morgan fingerprint density at radius 1 is 1.39 bits per heavy atom. The second kappa shape index (κ2) is 6.49. The van der Waals surface area contributed by atoms with Gasteiger partial charge in [0.25, 0.3) is 5.91 Å². The lowest BCUT2D eigenvalue weighted by Crippen LogP contribution is -2.60. The summed E-state index contributed by atoms with van der Waals surface area (Å²) < 4.78 is 6.26. The number of nitrogens with one attached hydrogen (secondary N) is 2. The van der Waals surface area contributed by atoms with E-state index in [9.17, 15) is 4.79 Å². The van der Waals surface area contributed by atoms with E-state index < -0.39 is 5.91 Å². The lowest BCUT2D eigenvalue weighted by molar-refractivity contribution is -0.165. The first-order chi connectivity index (χ1) is 13.6. The van der Waals surface area contributed by atoms with Crippen LogP contribution in [0.1, 0.15) is 48.9 Å². The number of rotatable bonds is 6. The van der Waals surface area contributed by atoms with Gasteiger partial charge >= 0.3 is 0 Å². The number of carbonyl (C=O) groups is 1. The molecule has 2 unspecified atom stereocenters. The lowest BCUT2D eigenvalue weighted by Gasteiger charge is -2.59. The predicted molar refractivity (Wildman–Crippen MR) is 104 cm³/mol. The van der Waals surface area contributed by atoms with Crippen LogP contribution in [0.2, 0.25) is 0 Å². The second-order valence-electron chi connectivity index (χ2n) is 8.73. The maximum absolute atomic E-state index is 12.0. The van der Waals surface area contributed by atoms with Crippen molar-refractivity contribution in [3.05, 3.63) is 24.0 Å². The molecule has 4 fully saturated rings. The molecule has 2 aromatic heterocycles. The summed E-state index contributed by atoms with van der Waals surface area (Å²) in [5, 5.41) is 13.5. The van der Waals surface area contributed by atoms with Crippen LogP contribution in [-0.4, -0.2) is 34.1 Å². The number of nitrogens with two attached hydrogens (primary N) is 1. The first kappa shape index (κ1) is 17.5. The zero-order valence-electron chi connectivity index (χ0n) is 15.8. The SMILES string of the molecule is N#CCCOC12CC3CC(C1)C(Nc1c(C(N)=O)cnc4[nH]ccc14)C(C3)C2. The topological polar surface area (TPSA) is 117 Å². The van der Waals surface area contributed by atoms with Crippen molar-refractivity contribution >= 4 is 22.6 Å². The maximum atomic E-state index is 12.0. The summed E-state index contributed by atoms with van der Waals surface area (Å²) in [5.41, 5.74) is 7.59. The van der Waals surface area contributed by atoms with Gasteiger partial charge in [-0.15, -0.1) is 0 Å². The van der Waals surface area contributed by atoms with Crippen LogP contribution in [0, 0.1) is 29.1 Å². The van der Waals surface area contributed by atoms with Crippen LogP contribution in [0.15, 0.2) is 18.5 Å². The molecule has 0 spiro atoms. The number of hydrogen-bond donors (Lipinski definition) is 3. The summed E-state index contributed by atoms with van der Waals surface area (Å²) in [5.74, 6) is 1.27. The molecule has 7 heteroatoms. The molecule has 4 N–H and O–H groups in total. The number of nitrogens with zero attached hydrogens (tertiary/aromatic N) is 2. The molecule has 28 heavy (non-hydrogen) atoms. The summed E-state index contributed by atoms with van der Waals surface area (Å²) in [7, 11) is 0. The molecule has 6 rings (SSSR count). The predicted octanol–water partition coefficient (Wildman–Crippen LogP) is 2.95. The minimum atomic E-state index is -0.460. The summed E-state index contributed by atoms with van der Waals surface area (Å²) >= 11 is 0. The van der Waals surface area contributed by atoms with Crippen molar-refractivity contribution < 1.29 is 9.53 Å². The zero-order chi connectivity index (χ0) is 19.3. The Kier molecular flexibility index (Phi) is 4.06. The standard InChI is InChI=1S/C21H25N5O2/c22-3-1-5-28-21-8-12-6-13(9-21)17(14(7-12)10-21)26-18-15-2-4-24-20(15)25-11-16(18)19(23)27/h2,4,11-14,17H,1,5-10H2,(H2,23,27)(H2,24,25,26). The molecule has 2 heterocycles. The number of hydrogen-bond acceptors (Lipinski definition) is 5. The fourth-order valence-corrected chi connectivity index (χ4v) is 6.19. The number of aromatic amines is 1. The third kappa shape index (κ3) is 2.75. The number of nitriles is 1. The van der Waals surface area contributed by atoms with Crippen LogP contribution < -0.4 is 11.1 Å². The molecule has 4 aliphatic rings. The Hall–Kier alpha value is -2.59. The van der Waals surface area contributed by atoms with E-state index in [1.165, 1.54) is 12.8 Å². The van der Waals surface area contributed by atoms with Gasteiger partial charge < -0.3 is 20.8 Å². The number of aromatic nitrogens is 2. The molecule has 0 radical (unpaired) electrons. The molecule has 4 aliphatic carbocycles. The Balaban J connectivity index is 1.43. The lowest BCUT2D eigenvalue weighted by atomic mass is 9.52. The molecule has 0 aromatic carbocycles. The molecule has 2 atom stereocenters. The number of pyridine rings is 1. The van der Waals surface area contributed by atoms with E-state index in [4.69, 9.17) is 15.7 Å². The van der Waals surface area contributed by atoms with E-state index in [0.717, 1.165) is 36.0 Å². The first-order valence-corrected chi connectivity index (χ1v) is 10.1. The van der Waals surface area contributed by atoms with Crippen LogP contribution in [0.3, 0.4) is 0 Å². The first-order valence-electron chi connectivity index (χ1n) is 10.1. The Bertz CT molecular complexity index is 945. The second-order valence-corrected chi connectivity index (χ2v) is 8.73.